The van der Waals surface area contributed by atoms with E-state index in [4.69, 9.17) is 5.11 Å². The molecule has 32 heavy (non-hydrogen) atoms. The van der Waals surface area contributed by atoms with Crippen LogP contribution < -0.4 is 5.69 Å². The highest BCUT2D eigenvalue weighted by atomic mass is 19.1. The Morgan fingerprint density at radius 3 is 2.47 bits per heavy atom. The summed E-state index contributed by atoms with van der Waals surface area (Å²) < 4.78 is 33.3. The minimum atomic E-state index is -0.480. The molecule has 0 aliphatic heterocycles. The molecule has 0 saturated carbocycles. The maximum absolute atomic E-state index is 14.2. The van der Waals surface area contributed by atoms with Crippen molar-refractivity contribution in [3.63, 3.8) is 0 Å². The van der Waals surface area contributed by atoms with Crippen LogP contribution in [0.3, 0.4) is 0 Å². The lowest BCUT2D eigenvalue weighted by Crippen LogP contribution is -2.15. The summed E-state index contributed by atoms with van der Waals surface area (Å²) in [6, 6.07) is 8.90. The molecule has 7 nitrogen and oxygen atoms in total. The van der Waals surface area contributed by atoms with E-state index in [9.17, 15) is 13.6 Å². The number of aliphatic hydroxyl groups excluding tert-OH is 1. The van der Waals surface area contributed by atoms with Gasteiger partial charge in [0.2, 0.25) is 0 Å². The van der Waals surface area contributed by atoms with Crippen LogP contribution in [-0.2, 0) is 13.6 Å². The van der Waals surface area contributed by atoms with Crippen LogP contribution in [0.5, 0.6) is 0 Å². The van der Waals surface area contributed by atoms with Crippen molar-refractivity contribution in [2.75, 3.05) is 6.61 Å². The molecular weight excluding hydrogens is 416 g/mol. The van der Waals surface area contributed by atoms with Gasteiger partial charge in [-0.25, -0.2) is 23.2 Å². The van der Waals surface area contributed by atoms with Crippen molar-refractivity contribution in [3.8, 4) is 17.1 Å². The molecule has 0 unspecified atom stereocenters. The maximum Gasteiger partial charge on any atom is 0.348 e. The molecule has 0 bridgehead atoms. The lowest BCUT2D eigenvalue weighted by Gasteiger charge is -2.04. The number of hydrogen-bond donors (Lipinski definition) is 2. The fourth-order valence-corrected chi connectivity index (χ4v) is 4.25. The van der Waals surface area contributed by atoms with Crippen LogP contribution >= 0.6 is 0 Å². The molecule has 3 heterocycles. The molecule has 0 fully saturated rings. The number of aromatic nitrogens is 5. The molecule has 5 rings (SSSR count). The first-order chi connectivity index (χ1) is 15.5. The predicted octanol–water partition coefficient (Wildman–Crippen LogP) is 3.72. The Bertz CT molecular complexity index is 1510. The van der Waals surface area contributed by atoms with Gasteiger partial charge in [0.25, 0.3) is 0 Å². The lowest BCUT2D eigenvalue weighted by atomic mass is 10.1. The van der Waals surface area contributed by atoms with Crippen molar-refractivity contribution in [2.24, 2.45) is 7.05 Å². The zero-order chi connectivity index (χ0) is 22.4. The van der Waals surface area contributed by atoms with Crippen molar-refractivity contribution in [3.05, 3.63) is 70.9 Å². The van der Waals surface area contributed by atoms with Gasteiger partial charge in [0.05, 0.1) is 11.2 Å². The van der Waals surface area contributed by atoms with Crippen LogP contribution in [0.15, 0.2) is 53.6 Å². The van der Waals surface area contributed by atoms with Crippen molar-refractivity contribution in [1.82, 2.24) is 23.9 Å². The average molecular weight is 437 g/mol. The van der Waals surface area contributed by atoms with Crippen LogP contribution in [0.4, 0.5) is 8.78 Å². The van der Waals surface area contributed by atoms with E-state index in [2.05, 4.69) is 10.2 Å². The summed E-state index contributed by atoms with van der Waals surface area (Å²) in [4.78, 5) is 12.8. The van der Waals surface area contributed by atoms with Crippen molar-refractivity contribution in [2.45, 2.75) is 19.4 Å². The summed E-state index contributed by atoms with van der Waals surface area (Å²) in [5.41, 5.74) is 2.14. The number of nitrogens with zero attached hydrogens (tertiary/aromatic N) is 4. The molecule has 164 valence electrons. The van der Waals surface area contributed by atoms with Crippen LogP contribution in [0.2, 0.25) is 0 Å². The summed E-state index contributed by atoms with van der Waals surface area (Å²) in [5, 5.41) is 17.0. The van der Waals surface area contributed by atoms with Gasteiger partial charge in [0, 0.05) is 54.4 Å². The first-order valence-electron chi connectivity index (χ1n) is 10.3. The van der Waals surface area contributed by atoms with Crippen LogP contribution in [-0.4, -0.2) is 35.6 Å². The Hall–Kier alpha value is -3.72. The van der Waals surface area contributed by atoms with Crippen LogP contribution in [0.25, 0.3) is 38.9 Å². The zero-order valence-corrected chi connectivity index (χ0v) is 17.3. The van der Waals surface area contributed by atoms with E-state index in [0.717, 1.165) is 17.5 Å². The van der Waals surface area contributed by atoms with E-state index in [-0.39, 0.29) is 6.61 Å². The number of aryl methyl sites for hydroxylation is 2. The Labute approximate surface area is 181 Å². The number of aliphatic hydroxyl groups is 1. The van der Waals surface area contributed by atoms with E-state index in [1.165, 1.54) is 28.8 Å². The van der Waals surface area contributed by atoms with Gasteiger partial charge in [0.15, 0.2) is 5.82 Å². The van der Waals surface area contributed by atoms with Gasteiger partial charge in [-0.15, -0.1) is 0 Å². The number of aromatic amines is 1. The summed E-state index contributed by atoms with van der Waals surface area (Å²) in [5.74, 6) is -0.501. The molecule has 0 aliphatic carbocycles. The molecule has 0 amide bonds. The maximum atomic E-state index is 14.2. The van der Waals surface area contributed by atoms with Crippen molar-refractivity contribution >= 4 is 21.8 Å². The summed E-state index contributed by atoms with van der Waals surface area (Å²) in [6.07, 6.45) is 4.94. The van der Waals surface area contributed by atoms with Crippen LogP contribution in [0, 0.1) is 11.6 Å². The number of fused-ring (bicyclic) bond motifs is 2. The Morgan fingerprint density at radius 2 is 1.72 bits per heavy atom. The summed E-state index contributed by atoms with van der Waals surface area (Å²) in [6.45, 7) is 0.688. The molecule has 0 atom stereocenters. The number of rotatable bonds is 6. The number of H-pyrrole nitrogens is 1. The average Bonchev–Trinajstić information content (AvgIpc) is 3.41. The number of hydrogen-bond acceptors (Lipinski definition) is 3. The van der Waals surface area contributed by atoms with E-state index < -0.39 is 17.3 Å². The largest absolute Gasteiger partial charge is 0.396 e. The predicted molar refractivity (Wildman–Crippen MR) is 118 cm³/mol. The zero-order valence-electron chi connectivity index (χ0n) is 17.3. The smallest absolute Gasteiger partial charge is 0.348 e. The second kappa shape index (κ2) is 7.76. The van der Waals surface area contributed by atoms with Gasteiger partial charge < -0.3 is 14.2 Å². The Morgan fingerprint density at radius 1 is 1.00 bits per heavy atom. The van der Waals surface area contributed by atoms with Gasteiger partial charge in [-0.2, -0.15) is 5.10 Å². The van der Waals surface area contributed by atoms with Gasteiger partial charge in [0.1, 0.15) is 11.6 Å². The molecular formula is C23H21F2N5O2. The SMILES string of the molecule is Cn1cc(-c2n[nH]c(=O)n2-c2cn(CCCCO)c3ccc(F)cc23)c2cc(F)ccc21. The monoisotopic (exact) mass is 437 g/mol. The number of halogens is 2. The molecule has 2 aromatic carbocycles. The second-order valence-electron chi connectivity index (χ2n) is 7.80. The molecule has 5 aromatic rings. The Balaban J connectivity index is 1.75. The van der Waals surface area contributed by atoms with Crippen LogP contribution in [0.1, 0.15) is 12.8 Å². The normalized spacial score (nSPS) is 11.8. The van der Waals surface area contributed by atoms with Gasteiger partial charge in [-0.05, 0) is 49.2 Å². The quantitative estimate of drug-likeness (QED) is 0.397. The third kappa shape index (κ3) is 3.21. The lowest BCUT2D eigenvalue weighted by molar-refractivity contribution is 0.281. The highest BCUT2D eigenvalue weighted by Crippen LogP contribution is 2.32. The molecule has 3 aromatic heterocycles. The fraction of sp³-hybridized carbons (Fsp3) is 0.217. The summed E-state index contributed by atoms with van der Waals surface area (Å²) >= 11 is 0. The molecule has 0 spiro atoms. The van der Waals surface area contributed by atoms with E-state index in [1.807, 2.05) is 16.2 Å². The third-order valence-corrected chi connectivity index (χ3v) is 5.73. The molecule has 0 saturated heterocycles. The second-order valence-corrected chi connectivity index (χ2v) is 7.80. The molecule has 9 heteroatoms. The molecule has 0 aliphatic rings. The number of nitrogens with one attached hydrogen (secondary N) is 1. The van der Waals surface area contributed by atoms with Gasteiger partial charge in [-0.1, -0.05) is 0 Å². The molecule has 2 N–H and O–H groups in total. The minimum absolute atomic E-state index is 0.0870. The minimum Gasteiger partial charge on any atom is -0.396 e. The summed E-state index contributed by atoms with van der Waals surface area (Å²) in [7, 11) is 1.83. The van der Waals surface area contributed by atoms with E-state index >= 15 is 0 Å². The first kappa shape index (κ1) is 20.2. The van der Waals surface area contributed by atoms with Gasteiger partial charge in [-0.3, -0.25) is 0 Å². The van der Waals surface area contributed by atoms with Crippen molar-refractivity contribution in [1.29, 1.82) is 0 Å². The first-order valence-corrected chi connectivity index (χ1v) is 10.3. The highest BCUT2D eigenvalue weighted by Gasteiger charge is 2.21. The number of benzene rings is 2. The molecule has 0 radical (unpaired) electrons. The standard InChI is InChI=1S/C23H21F2N5O2/c1-28-12-18(16-10-14(24)4-6-19(16)28)22-26-27-23(32)30(22)21-13-29(8-2-3-9-31)20-7-5-15(25)11-17(20)21/h4-7,10-13,31H,2-3,8-9H2,1H3,(H,27,32). The van der Waals surface area contributed by atoms with Gasteiger partial charge >= 0.3 is 5.69 Å². The topological polar surface area (TPSA) is 80.8 Å². The van der Waals surface area contributed by atoms with Crippen molar-refractivity contribution < 1.29 is 13.9 Å². The van der Waals surface area contributed by atoms with E-state index in [0.29, 0.717) is 40.8 Å². The van der Waals surface area contributed by atoms with E-state index in [1.54, 1.807) is 24.5 Å². The fourth-order valence-electron chi connectivity index (χ4n) is 4.25. The highest BCUT2D eigenvalue weighted by molar-refractivity contribution is 5.96. The number of unbranched alkanes of at least 4 members (excludes halogenated alkanes) is 1. The Kier molecular flexibility index (Phi) is 4.90. The third-order valence-electron chi connectivity index (χ3n) is 5.73.